The number of hydrogen-bond acceptors (Lipinski definition) is 5. The van der Waals surface area contributed by atoms with Crippen molar-refractivity contribution in [3.8, 4) is 0 Å². The molecular weight excluding hydrogens is 333 g/mol. The minimum atomic E-state index is -0.374. The molecule has 1 amide bonds. The summed E-state index contributed by atoms with van der Waals surface area (Å²) in [5.41, 5.74) is 0. The zero-order valence-corrected chi connectivity index (χ0v) is 14.1. The number of piperazine rings is 1. The molecule has 2 fully saturated rings. The van der Waals surface area contributed by atoms with Crippen LogP contribution in [0.1, 0.15) is 6.42 Å². The van der Waals surface area contributed by atoms with Crippen molar-refractivity contribution in [3.05, 3.63) is 17.5 Å². The number of aliphatic hydroxyl groups excluding tert-OH is 1. The Morgan fingerprint density at radius 1 is 1.29 bits per heavy atom. The summed E-state index contributed by atoms with van der Waals surface area (Å²) in [6.45, 7) is 3.85. The summed E-state index contributed by atoms with van der Waals surface area (Å²) in [7, 11) is 0. The van der Waals surface area contributed by atoms with Crippen LogP contribution in [0.3, 0.4) is 0 Å². The first-order chi connectivity index (χ1) is 9.24. The fraction of sp³-hybridized carbons (Fsp3) is 0.615. The van der Waals surface area contributed by atoms with Crippen molar-refractivity contribution in [2.75, 3.05) is 37.6 Å². The van der Waals surface area contributed by atoms with Crippen LogP contribution in [0.5, 0.6) is 0 Å². The van der Waals surface area contributed by atoms with E-state index in [1.54, 1.807) is 11.3 Å². The minimum Gasteiger partial charge on any atom is -0.392 e. The number of amides is 1. The third kappa shape index (κ3) is 4.23. The number of thiophene rings is 1. The zero-order chi connectivity index (χ0) is 13.2. The van der Waals surface area contributed by atoms with Crippen molar-refractivity contribution in [1.29, 1.82) is 0 Å². The van der Waals surface area contributed by atoms with E-state index < -0.39 is 0 Å². The van der Waals surface area contributed by atoms with Gasteiger partial charge in [-0.3, -0.25) is 4.79 Å². The Morgan fingerprint density at radius 2 is 2.00 bits per heavy atom. The number of nitrogens with zero attached hydrogens (tertiary/aromatic N) is 2. The van der Waals surface area contributed by atoms with Gasteiger partial charge in [-0.1, -0.05) is 0 Å². The maximum atomic E-state index is 12.3. The van der Waals surface area contributed by atoms with Gasteiger partial charge >= 0.3 is 0 Å². The fourth-order valence-electron chi connectivity index (χ4n) is 2.72. The van der Waals surface area contributed by atoms with Gasteiger partial charge < -0.3 is 20.2 Å². The SMILES string of the molecule is Cl.Cl.O=C(C1CC(O)CN1)N1CCN(c2cccs2)CC1. The van der Waals surface area contributed by atoms with Crippen LogP contribution >= 0.6 is 36.2 Å². The molecule has 0 saturated carbocycles. The third-order valence-corrected chi connectivity index (χ3v) is 4.74. The van der Waals surface area contributed by atoms with Gasteiger partial charge in [0.25, 0.3) is 0 Å². The van der Waals surface area contributed by atoms with E-state index in [9.17, 15) is 9.90 Å². The molecular formula is C13H21Cl2N3O2S. The molecule has 1 aromatic heterocycles. The molecule has 2 atom stereocenters. The first-order valence-corrected chi connectivity index (χ1v) is 7.60. The van der Waals surface area contributed by atoms with E-state index in [1.165, 1.54) is 5.00 Å². The van der Waals surface area contributed by atoms with E-state index in [0.29, 0.717) is 13.0 Å². The Hall–Kier alpha value is -0.530. The Bertz CT molecular complexity index is 439. The Kier molecular flexibility index (Phi) is 7.23. The molecule has 0 aromatic carbocycles. The molecule has 3 rings (SSSR count). The second-order valence-electron chi connectivity index (χ2n) is 5.11. The van der Waals surface area contributed by atoms with Crippen LogP contribution in [0.2, 0.25) is 0 Å². The molecule has 2 saturated heterocycles. The molecule has 8 heteroatoms. The average Bonchev–Trinajstić information content (AvgIpc) is 3.09. The van der Waals surface area contributed by atoms with Crippen molar-refractivity contribution in [3.63, 3.8) is 0 Å². The van der Waals surface area contributed by atoms with E-state index in [-0.39, 0.29) is 42.9 Å². The van der Waals surface area contributed by atoms with E-state index in [0.717, 1.165) is 26.2 Å². The van der Waals surface area contributed by atoms with Crippen LogP contribution in [0.4, 0.5) is 5.00 Å². The van der Waals surface area contributed by atoms with Gasteiger partial charge in [0, 0.05) is 32.7 Å². The number of halogens is 2. The monoisotopic (exact) mass is 353 g/mol. The van der Waals surface area contributed by atoms with Gasteiger partial charge in [0.1, 0.15) is 0 Å². The van der Waals surface area contributed by atoms with Gasteiger partial charge in [0.2, 0.25) is 5.91 Å². The largest absolute Gasteiger partial charge is 0.392 e. The first kappa shape index (κ1) is 18.5. The Morgan fingerprint density at radius 3 is 2.52 bits per heavy atom. The topological polar surface area (TPSA) is 55.8 Å². The summed E-state index contributed by atoms with van der Waals surface area (Å²) >= 11 is 1.74. The summed E-state index contributed by atoms with van der Waals surface area (Å²) in [6.07, 6.45) is 0.172. The quantitative estimate of drug-likeness (QED) is 0.831. The Labute approximate surface area is 141 Å². The minimum absolute atomic E-state index is 0. The highest BCUT2D eigenvalue weighted by molar-refractivity contribution is 7.14. The van der Waals surface area contributed by atoms with Gasteiger partial charge in [0.15, 0.2) is 0 Å². The first-order valence-electron chi connectivity index (χ1n) is 6.73. The maximum absolute atomic E-state index is 12.3. The molecule has 3 heterocycles. The summed E-state index contributed by atoms with van der Waals surface area (Å²) in [4.78, 5) is 16.5. The van der Waals surface area contributed by atoms with Gasteiger partial charge in [-0.15, -0.1) is 36.2 Å². The summed E-state index contributed by atoms with van der Waals surface area (Å²) in [5, 5.41) is 15.9. The molecule has 2 aliphatic heterocycles. The summed E-state index contributed by atoms with van der Waals surface area (Å²) < 4.78 is 0. The molecule has 2 N–H and O–H groups in total. The molecule has 0 bridgehead atoms. The number of nitrogens with one attached hydrogen (secondary N) is 1. The maximum Gasteiger partial charge on any atom is 0.239 e. The van der Waals surface area contributed by atoms with Crippen molar-refractivity contribution in [2.24, 2.45) is 0 Å². The second kappa shape index (κ2) is 8.19. The van der Waals surface area contributed by atoms with Gasteiger partial charge in [-0.25, -0.2) is 0 Å². The number of aliphatic hydroxyl groups is 1. The lowest BCUT2D eigenvalue weighted by atomic mass is 10.1. The molecule has 5 nitrogen and oxygen atoms in total. The summed E-state index contributed by atoms with van der Waals surface area (Å²) in [5.74, 6) is 0.141. The van der Waals surface area contributed by atoms with Crippen LogP contribution < -0.4 is 10.2 Å². The van der Waals surface area contributed by atoms with Crippen molar-refractivity contribution >= 4 is 47.1 Å². The normalized spacial score (nSPS) is 25.2. The highest BCUT2D eigenvalue weighted by Gasteiger charge is 2.32. The number of β-amino-alcohol motifs (C(OH)–C–C–N with tert-alkyl or cyclic N) is 1. The zero-order valence-electron chi connectivity index (χ0n) is 11.6. The number of hydrogen-bond donors (Lipinski definition) is 2. The predicted molar refractivity (Wildman–Crippen MR) is 90.0 cm³/mol. The molecule has 0 aliphatic carbocycles. The molecule has 21 heavy (non-hydrogen) atoms. The predicted octanol–water partition coefficient (Wildman–Crippen LogP) is 0.963. The van der Waals surface area contributed by atoms with Crippen LogP contribution in [0.25, 0.3) is 0 Å². The van der Waals surface area contributed by atoms with E-state index in [2.05, 4.69) is 27.7 Å². The van der Waals surface area contributed by atoms with E-state index in [1.807, 2.05) is 4.90 Å². The average molecular weight is 354 g/mol. The molecule has 0 radical (unpaired) electrons. The van der Waals surface area contributed by atoms with Crippen molar-refractivity contribution < 1.29 is 9.90 Å². The summed E-state index contributed by atoms with van der Waals surface area (Å²) in [6, 6.07) is 3.99. The smallest absolute Gasteiger partial charge is 0.239 e. The molecule has 0 spiro atoms. The lowest BCUT2D eigenvalue weighted by molar-refractivity contribution is -0.133. The highest BCUT2D eigenvalue weighted by atomic mass is 35.5. The fourth-order valence-corrected chi connectivity index (χ4v) is 3.51. The van der Waals surface area contributed by atoms with Crippen LogP contribution in [-0.4, -0.2) is 60.8 Å². The number of rotatable bonds is 2. The van der Waals surface area contributed by atoms with Gasteiger partial charge in [-0.2, -0.15) is 0 Å². The third-order valence-electron chi connectivity index (χ3n) is 3.81. The molecule has 2 aliphatic rings. The standard InChI is InChI=1S/C13H19N3O2S.2ClH/c17-10-8-11(14-9-10)13(18)16-5-3-15(4-6-16)12-2-1-7-19-12;;/h1-2,7,10-11,14,17H,3-6,8-9H2;2*1H. The van der Waals surface area contributed by atoms with E-state index >= 15 is 0 Å². The Balaban J connectivity index is 0.00000110. The molecule has 1 aromatic rings. The van der Waals surface area contributed by atoms with Crippen LogP contribution in [0.15, 0.2) is 17.5 Å². The number of carbonyl (C=O) groups excluding carboxylic acids is 1. The van der Waals surface area contributed by atoms with Crippen LogP contribution in [0, 0.1) is 0 Å². The number of anilines is 1. The lowest BCUT2D eigenvalue weighted by Gasteiger charge is -2.36. The highest BCUT2D eigenvalue weighted by Crippen LogP contribution is 2.22. The van der Waals surface area contributed by atoms with E-state index in [4.69, 9.17) is 0 Å². The molecule has 2 unspecified atom stereocenters. The van der Waals surface area contributed by atoms with Gasteiger partial charge in [-0.05, 0) is 23.9 Å². The number of carbonyl (C=O) groups is 1. The van der Waals surface area contributed by atoms with Crippen molar-refractivity contribution in [1.82, 2.24) is 10.2 Å². The second-order valence-corrected chi connectivity index (χ2v) is 6.04. The van der Waals surface area contributed by atoms with Crippen molar-refractivity contribution in [2.45, 2.75) is 18.6 Å². The lowest BCUT2D eigenvalue weighted by Crippen LogP contribution is -2.53. The van der Waals surface area contributed by atoms with Gasteiger partial charge in [0.05, 0.1) is 17.1 Å². The molecule has 120 valence electrons. The van der Waals surface area contributed by atoms with Crippen LogP contribution in [-0.2, 0) is 4.79 Å².